The fourth-order valence-electron chi connectivity index (χ4n) is 2.60. The van der Waals surface area contributed by atoms with E-state index in [1.54, 1.807) is 12.3 Å². The van der Waals surface area contributed by atoms with Crippen LogP contribution in [0.2, 0.25) is 0 Å². The maximum atomic E-state index is 12.0. The molecule has 6 nitrogen and oxygen atoms in total. The molecule has 2 heterocycles. The molecule has 19 heavy (non-hydrogen) atoms. The van der Waals surface area contributed by atoms with E-state index in [0.717, 1.165) is 25.1 Å². The Morgan fingerprint density at radius 2 is 2.47 bits per heavy atom. The standard InChI is InChI=1S/C13H20N4O2/c1-9(12(18)15-10-2-3-10)17-7-5-13(19,8-17)11-4-6-14-16-11/h4,6,9-10,19H,2-3,5,7-8H2,1H3,(H,14,16)(H,15,18). The van der Waals surface area contributed by atoms with Crippen molar-refractivity contribution in [3.8, 4) is 0 Å². The van der Waals surface area contributed by atoms with Gasteiger partial charge in [0, 0.05) is 25.3 Å². The molecule has 3 rings (SSSR count). The highest BCUT2D eigenvalue weighted by atomic mass is 16.3. The van der Waals surface area contributed by atoms with Crippen LogP contribution in [0.15, 0.2) is 12.3 Å². The highest BCUT2D eigenvalue weighted by Gasteiger charge is 2.42. The number of aliphatic hydroxyl groups is 1. The highest BCUT2D eigenvalue weighted by Crippen LogP contribution is 2.31. The van der Waals surface area contributed by atoms with Crippen LogP contribution in [0, 0.1) is 0 Å². The van der Waals surface area contributed by atoms with Crippen molar-refractivity contribution < 1.29 is 9.90 Å². The zero-order valence-corrected chi connectivity index (χ0v) is 11.1. The summed E-state index contributed by atoms with van der Waals surface area (Å²) >= 11 is 0. The summed E-state index contributed by atoms with van der Waals surface area (Å²) in [6.45, 7) is 3.08. The molecular weight excluding hydrogens is 244 g/mol. The largest absolute Gasteiger partial charge is 0.382 e. The molecule has 1 aliphatic heterocycles. The molecular formula is C13H20N4O2. The zero-order valence-electron chi connectivity index (χ0n) is 11.1. The third-order valence-corrected chi connectivity index (χ3v) is 4.13. The molecule has 0 aromatic carbocycles. The molecule has 0 radical (unpaired) electrons. The first-order valence-electron chi connectivity index (χ1n) is 6.85. The molecule has 6 heteroatoms. The van der Waals surface area contributed by atoms with Crippen LogP contribution in [-0.2, 0) is 10.4 Å². The number of nitrogens with one attached hydrogen (secondary N) is 2. The van der Waals surface area contributed by atoms with Gasteiger partial charge in [0.05, 0.1) is 11.7 Å². The number of amides is 1. The average molecular weight is 264 g/mol. The van der Waals surface area contributed by atoms with E-state index in [9.17, 15) is 9.90 Å². The Hall–Kier alpha value is -1.40. The first kappa shape index (κ1) is 12.6. The number of aromatic amines is 1. The van der Waals surface area contributed by atoms with Gasteiger partial charge >= 0.3 is 0 Å². The number of likely N-dealkylation sites (tertiary alicyclic amines) is 1. The molecule has 1 aromatic rings. The van der Waals surface area contributed by atoms with Crippen molar-refractivity contribution in [2.24, 2.45) is 0 Å². The maximum Gasteiger partial charge on any atom is 0.237 e. The third kappa shape index (κ3) is 2.50. The van der Waals surface area contributed by atoms with Crippen LogP contribution in [0.4, 0.5) is 0 Å². The Morgan fingerprint density at radius 3 is 3.11 bits per heavy atom. The molecule has 1 aromatic heterocycles. The van der Waals surface area contributed by atoms with Gasteiger partial charge in [-0.3, -0.25) is 14.8 Å². The molecule has 0 bridgehead atoms. The molecule has 104 valence electrons. The molecule has 1 aliphatic carbocycles. The highest BCUT2D eigenvalue weighted by molar-refractivity contribution is 5.81. The van der Waals surface area contributed by atoms with Gasteiger partial charge in [-0.15, -0.1) is 0 Å². The minimum Gasteiger partial charge on any atom is -0.382 e. The van der Waals surface area contributed by atoms with Gasteiger partial charge in [0.1, 0.15) is 5.60 Å². The summed E-state index contributed by atoms with van der Waals surface area (Å²) in [4.78, 5) is 14.0. The maximum absolute atomic E-state index is 12.0. The smallest absolute Gasteiger partial charge is 0.237 e. The van der Waals surface area contributed by atoms with Crippen molar-refractivity contribution in [3.05, 3.63) is 18.0 Å². The Kier molecular flexibility index (Phi) is 3.06. The van der Waals surface area contributed by atoms with E-state index in [-0.39, 0.29) is 11.9 Å². The van der Waals surface area contributed by atoms with Crippen LogP contribution in [0.1, 0.15) is 31.9 Å². The van der Waals surface area contributed by atoms with Crippen molar-refractivity contribution in [1.29, 1.82) is 0 Å². The van der Waals surface area contributed by atoms with E-state index in [4.69, 9.17) is 0 Å². The van der Waals surface area contributed by atoms with Crippen LogP contribution in [-0.4, -0.2) is 51.3 Å². The normalized spacial score (nSPS) is 29.4. The summed E-state index contributed by atoms with van der Waals surface area (Å²) in [5.74, 6) is 0.0661. The number of carbonyl (C=O) groups is 1. The van der Waals surface area contributed by atoms with Crippen molar-refractivity contribution in [2.75, 3.05) is 13.1 Å². The summed E-state index contributed by atoms with van der Waals surface area (Å²) in [6, 6.07) is 1.97. The van der Waals surface area contributed by atoms with Gasteiger partial charge < -0.3 is 10.4 Å². The van der Waals surface area contributed by atoms with E-state index >= 15 is 0 Å². The Labute approximate surface area is 112 Å². The van der Waals surface area contributed by atoms with Gasteiger partial charge in [-0.2, -0.15) is 5.10 Å². The van der Waals surface area contributed by atoms with Gasteiger partial charge in [0.15, 0.2) is 0 Å². The third-order valence-electron chi connectivity index (χ3n) is 4.13. The Morgan fingerprint density at radius 1 is 1.68 bits per heavy atom. The van der Waals surface area contributed by atoms with Crippen molar-refractivity contribution in [1.82, 2.24) is 20.4 Å². The van der Waals surface area contributed by atoms with E-state index in [0.29, 0.717) is 19.0 Å². The van der Waals surface area contributed by atoms with Crippen LogP contribution in [0.5, 0.6) is 0 Å². The summed E-state index contributed by atoms with van der Waals surface area (Å²) in [7, 11) is 0. The average Bonchev–Trinajstić information content (AvgIpc) is 2.91. The predicted octanol–water partition coefficient (Wildman–Crippen LogP) is -0.0299. The Balaban J connectivity index is 1.63. The summed E-state index contributed by atoms with van der Waals surface area (Å²) in [6.07, 6.45) is 4.45. The van der Waals surface area contributed by atoms with Gasteiger partial charge in [-0.1, -0.05) is 0 Å². The molecule has 1 amide bonds. The second kappa shape index (κ2) is 4.61. The summed E-state index contributed by atoms with van der Waals surface area (Å²) in [5.41, 5.74) is -0.185. The minimum absolute atomic E-state index is 0.0661. The topological polar surface area (TPSA) is 81.2 Å². The lowest BCUT2D eigenvalue weighted by Crippen LogP contribution is -2.46. The summed E-state index contributed by atoms with van der Waals surface area (Å²) in [5, 5.41) is 20.3. The quantitative estimate of drug-likeness (QED) is 0.713. The lowest BCUT2D eigenvalue weighted by Gasteiger charge is -2.26. The van der Waals surface area contributed by atoms with E-state index in [1.807, 2.05) is 11.8 Å². The van der Waals surface area contributed by atoms with Crippen LogP contribution < -0.4 is 5.32 Å². The number of hydrogen-bond donors (Lipinski definition) is 3. The van der Waals surface area contributed by atoms with Crippen LogP contribution >= 0.6 is 0 Å². The van der Waals surface area contributed by atoms with Gasteiger partial charge in [-0.05, 0) is 32.3 Å². The summed E-state index contributed by atoms with van der Waals surface area (Å²) < 4.78 is 0. The second-order valence-corrected chi connectivity index (χ2v) is 5.68. The molecule has 1 saturated heterocycles. The van der Waals surface area contributed by atoms with Gasteiger partial charge in [0.25, 0.3) is 0 Å². The van der Waals surface area contributed by atoms with Crippen LogP contribution in [0.25, 0.3) is 0 Å². The molecule has 2 unspecified atom stereocenters. The zero-order chi connectivity index (χ0) is 13.5. The number of H-pyrrole nitrogens is 1. The monoisotopic (exact) mass is 264 g/mol. The lowest BCUT2D eigenvalue weighted by molar-refractivity contribution is -0.126. The van der Waals surface area contributed by atoms with E-state index in [1.165, 1.54) is 0 Å². The molecule has 2 fully saturated rings. The second-order valence-electron chi connectivity index (χ2n) is 5.68. The number of rotatable bonds is 4. The first-order chi connectivity index (χ1) is 9.08. The van der Waals surface area contributed by atoms with E-state index < -0.39 is 5.60 Å². The molecule has 2 atom stereocenters. The predicted molar refractivity (Wildman–Crippen MR) is 69.3 cm³/mol. The van der Waals surface area contributed by atoms with Gasteiger partial charge in [-0.25, -0.2) is 0 Å². The minimum atomic E-state index is -0.912. The number of β-amino-alcohol motifs (C(OH)–C–C–N with tert-alkyl or cyclic N) is 1. The van der Waals surface area contributed by atoms with E-state index in [2.05, 4.69) is 15.5 Å². The number of nitrogens with zero attached hydrogens (tertiary/aromatic N) is 2. The lowest BCUT2D eigenvalue weighted by atomic mass is 9.99. The van der Waals surface area contributed by atoms with Crippen LogP contribution in [0.3, 0.4) is 0 Å². The molecule has 3 N–H and O–H groups in total. The molecule has 2 aliphatic rings. The SMILES string of the molecule is CC(C(=O)NC1CC1)N1CCC(O)(c2ccn[nH]2)C1. The fourth-order valence-corrected chi connectivity index (χ4v) is 2.60. The number of aromatic nitrogens is 2. The van der Waals surface area contributed by atoms with Crippen molar-refractivity contribution in [2.45, 2.75) is 43.9 Å². The molecule has 1 saturated carbocycles. The fraction of sp³-hybridized carbons (Fsp3) is 0.692. The number of carbonyl (C=O) groups excluding carboxylic acids is 1. The first-order valence-corrected chi connectivity index (χ1v) is 6.85. The van der Waals surface area contributed by atoms with Gasteiger partial charge in [0.2, 0.25) is 5.91 Å². The van der Waals surface area contributed by atoms with Crippen molar-refractivity contribution >= 4 is 5.91 Å². The number of hydrogen-bond acceptors (Lipinski definition) is 4. The Bertz CT molecular complexity index is 457. The van der Waals surface area contributed by atoms with Crippen molar-refractivity contribution in [3.63, 3.8) is 0 Å². The molecule has 0 spiro atoms.